The number of aromatic carboxylic acids is 1. The van der Waals surface area contributed by atoms with Gasteiger partial charge in [0.15, 0.2) is 0 Å². The zero-order valence-corrected chi connectivity index (χ0v) is 10.6. The van der Waals surface area contributed by atoms with Crippen LogP contribution in [0.2, 0.25) is 0 Å². The summed E-state index contributed by atoms with van der Waals surface area (Å²) in [6.07, 6.45) is -3.13. The molecule has 2 heterocycles. The molecule has 0 aliphatic rings. The molecule has 0 fully saturated rings. The van der Waals surface area contributed by atoms with Crippen LogP contribution in [-0.2, 0) is 6.18 Å². The van der Waals surface area contributed by atoms with Crippen molar-refractivity contribution in [3.05, 3.63) is 41.1 Å². The molecule has 0 bridgehead atoms. The summed E-state index contributed by atoms with van der Waals surface area (Å²) in [5.74, 6) is -1.06. The normalized spacial score (nSPS) is 11.7. The number of carboxylic acids is 1. The molecule has 2 rings (SSSR count). The average Bonchev–Trinajstić information content (AvgIpc) is 2.71. The molecule has 0 spiro atoms. The van der Waals surface area contributed by atoms with Crippen molar-refractivity contribution in [1.29, 1.82) is 0 Å². The van der Waals surface area contributed by atoms with E-state index in [0.29, 0.717) is 17.7 Å². The van der Waals surface area contributed by atoms with Crippen LogP contribution in [0.25, 0.3) is 5.82 Å². The predicted molar refractivity (Wildman–Crippen MR) is 62.8 cm³/mol. The Labute approximate surface area is 111 Å². The Morgan fingerprint density at radius 1 is 1.25 bits per heavy atom. The fourth-order valence-electron chi connectivity index (χ4n) is 1.81. The van der Waals surface area contributed by atoms with Crippen molar-refractivity contribution in [2.24, 2.45) is 0 Å². The molecule has 8 heteroatoms. The first-order valence-corrected chi connectivity index (χ1v) is 5.53. The van der Waals surface area contributed by atoms with Gasteiger partial charge in [0.1, 0.15) is 11.6 Å². The number of carbonyl (C=O) groups is 1. The summed E-state index contributed by atoms with van der Waals surface area (Å²) in [7, 11) is 0. The highest BCUT2D eigenvalue weighted by Crippen LogP contribution is 2.33. The number of nitrogens with zero attached hydrogens (tertiary/aromatic N) is 3. The van der Waals surface area contributed by atoms with Crippen LogP contribution in [0, 0.1) is 13.8 Å². The Kier molecular flexibility index (Phi) is 3.24. The number of hydrogen-bond acceptors (Lipinski definition) is 3. The fraction of sp³-hybridized carbons (Fsp3) is 0.250. The lowest BCUT2D eigenvalue weighted by Crippen LogP contribution is -2.09. The molecule has 0 atom stereocenters. The first-order chi connectivity index (χ1) is 9.18. The van der Waals surface area contributed by atoms with E-state index in [2.05, 4.69) is 9.97 Å². The quantitative estimate of drug-likeness (QED) is 0.921. The van der Waals surface area contributed by atoms with Gasteiger partial charge in [0.05, 0.1) is 11.1 Å². The van der Waals surface area contributed by atoms with Gasteiger partial charge in [0, 0.05) is 24.2 Å². The minimum Gasteiger partial charge on any atom is -0.478 e. The summed E-state index contributed by atoms with van der Waals surface area (Å²) < 4.78 is 39.4. The first-order valence-electron chi connectivity index (χ1n) is 5.53. The highest BCUT2D eigenvalue weighted by atomic mass is 19.4. The van der Waals surface area contributed by atoms with Crippen LogP contribution in [0.5, 0.6) is 0 Å². The molecule has 106 valence electrons. The molecule has 0 amide bonds. The Morgan fingerprint density at radius 3 is 2.35 bits per heavy atom. The molecule has 5 nitrogen and oxygen atoms in total. The Balaban J connectivity index is 2.62. The summed E-state index contributed by atoms with van der Waals surface area (Å²) in [4.78, 5) is 18.9. The lowest BCUT2D eigenvalue weighted by molar-refractivity contribution is -0.138. The number of rotatable bonds is 2. The highest BCUT2D eigenvalue weighted by molar-refractivity contribution is 5.89. The van der Waals surface area contributed by atoms with Crippen molar-refractivity contribution >= 4 is 5.97 Å². The monoisotopic (exact) mass is 285 g/mol. The van der Waals surface area contributed by atoms with Gasteiger partial charge >= 0.3 is 12.1 Å². The number of aromatic nitrogens is 3. The van der Waals surface area contributed by atoms with Crippen molar-refractivity contribution in [2.45, 2.75) is 20.0 Å². The van der Waals surface area contributed by atoms with Gasteiger partial charge in [-0.3, -0.25) is 0 Å². The molecule has 0 saturated heterocycles. The summed E-state index contributed by atoms with van der Waals surface area (Å²) >= 11 is 0. The van der Waals surface area contributed by atoms with Crippen molar-refractivity contribution < 1.29 is 23.1 Å². The first kappa shape index (κ1) is 14.0. The number of carboxylic acid groups (broad SMARTS) is 1. The van der Waals surface area contributed by atoms with Crippen molar-refractivity contribution in [1.82, 2.24) is 14.5 Å². The largest absolute Gasteiger partial charge is 0.478 e. The molecule has 20 heavy (non-hydrogen) atoms. The van der Waals surface area contributed by atoms with Crippen LogP contribution in [0.3, 0.4) is 0 Å². The maximum Gasteiger partial charge on any atom is 0.418 e. The lowest BCUT2D eigenvalue weighted by atomic mass is 10.2. The second-order valence-electron chi connectivity index (χ2n) is 4.21. The van der Waals surface area contributed by atoms with Gasteiger partial charge in [0.2, 0.25) is 0 Å². The summed E-state index contributed by atoms with van der Waals surface area (Å²) in [5.41, 5.74) is -1.45. The SMILES string of the molecule is Cc1cc(-n2cc(C(=O)O)c(C(F)(F)F)c2)nc(C)n1. The van der Waals surface area contributed by atoms with Gasteiger partial charge in [-0.15, -0.1) is 0 Å². The Morgan fingerprint density at radius 2 is 1.90 bits per heavy atom. The topological polar surface area (TPSA) is 68.0 Å². The second kappa shape index (κ2) is 4.62. The van der Waals surface area contributed by atoms with Crippen LogP contribution in [0.4, 0.5) is 13.2 Å². The van der Waals surface area contributed by atoms with Gasteiger partial charge < -0.3 is 9.67 Å². The van der Waals surface area contributed by atoms with Crippen molar-refractivity contribution in [3.63, 3.8) is 0 Å². The predicted octanol–water partition coefficient (Wildman–Crippen LogP) is 2.60. The standard InChI is InChI=1S/C12H10F3N3O2/c1-6-3-10(17-7(2)16-6)18-4-8(11(19)20)9(5-18)12(13,14)15/h3-5H,1-2H3,(H,19,20). The Bertz CT molecular complexity index is 657. The van der Waals surface area contributed by atoms with Gasteiger partial charge in [0.25, 0.3) is 0 Å². The van der Waals surface area contributed by atoms with Crippen LogP contribution in [0.15, 0.2) is 18.5 Å². The molecule has 0 radical (unpaired) electrons. The lowest BCUT2D eigenvalue weighted by Gasteiger charge is -2.05. The molecule has 0 unspecified atom stereocenters. The third-order valence-electron chi connectivity index (χ3n) is 2.58. The van der Waals surface area contributed by atoms with Crippen LogP contribution < -0.4 is 0 Å². The molecule has 0 aliphatic carbocycles. The van der Waals surface area contributed by atoms with Crippen LogP contribution in [0.1, 0.15) is 27.4 Å². The van der Waals surface area contributed by atoms with Gasteiger partial charge in [-0.05, 0) is 13.8 Å². The third kappa shape index (κ3) is 2.63. The van der Waals surface area contributed by atoms with E-state index in [1.54, 1.807) is 13.8 Å². The van der Waals surface area contributed by atoms with Crippen LogP contribution in [-0.4, -0.2) is 25.6 Å². The molecular weight excluding hydrogens is 275 g/mol. The Hall–Kier alpha value is -2.38. The molecule has 0 saturated carbocycles. The van der Waals surface area contributed by atoms with Gasteiger partial charge in [-0.1, -0.05) is 0 Å². The average molecular weight is 285 g/mol. The van der Waals surface area contributed by atoms with Crippen LogP contribution >= 0.6 is 0 Å². The van der Waals surface area contributed by atoms with E-state index in [9.17, 15) is 18.0 Å². The van der Waals surface area contributed by atoms with E-state index in [1.807, 2.05) is 0 Å². The van der Waals surface area contributed by atoms with E-state index < -0.39 is 23.3 Å². The molecule has 2 aromatic heterocycles. The second-order valence-corrected chi connectivity index (χ2v) is 4.21. The molecule has 1 N–H and O–H groups in total. The molecular formula is C12H10F3N3O2. The summed E-state index contributed by atoms with van der Waals surface area (Å²) in [6, 6.07) is 1.47. The smallest absolute Gasteiger partial charge is 0.418 e. The zero-order chi connectivity index (χ0) is 15.1. The van der Waals surface area contributed by atoms with Gasteiger partial charge in [-0.2, -0.15) is 13.2 Å². The van der Waals surface area contributed by atoms with E-state index in [1.165, 1.54) is 6.07 Å². The highest BCUT2D eigenvalue weighted by Gasteiger charge is 2.37. The van der Waals surface area contributed by atoms with Crippen molar-refractivity contribution in [2.75, 3.05) is 0 Å². The zero-order valence-electron chi connectivity index (χ0n) is 10.6. The minimum absolute atomic E-state index is 0.188. The fourth-order valence-corrected chi connectivity index (χ4v) is 1.81. The van der Waals surface area contributed by atoms with E-state index in [4.69, 9.17) is 5.11 Å². The number of hydrogen-bond donors (Lipinski definition) is 1. The third-order valence-corrected chi connectivity index (χ3v) is 2.58. The maximum absolute atomic E-state index is 12.8. The summed E-state index contributed by atoms with van der Waals surface area (Å²) in [6.45, 7) is 3.27. The van der Waals surface area contributed by atoms with Crippen molar-refractivity contribution in [3.8, 4) is 5.82 Å². The number of aryl methyl sites for hydroxylation is 2. The molecule has 0 aliphatic heterocycles. The van der Waals surface area contributed by atoms with Gasteiger partial charge in [-0.25, -0.2) is 14.8 Å². The minimum atomic E-state index is -4.74. The van der Waals surface area contributed by atoms with E-state index >= 15 is 0 Å². The van der Waals surface area contributed by atoms with E-state index in [-0.39, 0.29) is 5.82 Å². The van der Waals surface area contributed by atoms with E-state index in [0.717, 1.165) is 10.8 Å². The number of halogens is 3. The maximum atomic E-state index is 12.8. The summed E-state index contributed by atoms with van der Waals surface area (Å²) in [5, 5.41) is 8.85. The number of alkyl halides is 3. The molecule has 0 aromatic carbocycles. The molecule has 2 aromatic rings.